The van der Waals surface area contributed by atoms with Crippen molar-refractivity contribution in [1.29, 1.82) is 0 Å². The second-order valence-electron chi connectivity index (χ2n) is 2.10. The molecule has 0 saturated heterocycles. The normalized spacial score (nSPS) is 13.2. The first kappa shape index (κ1) is 9.40. The van der Waals surface area contributed by atoms with E-state index in [0.717, 1.165) is 12.8 Å². The van der Waals surface area contributed by atoms with Gasteiger partial charge in [-0.3, -0.25) is 0 Å². The average molecular weight is 164 g/mol. The smallest absolute Gasteiger partial charge is 0.0782 e. The zero-order valence-corrected chi connectivity index (χ0v) is 7.39. The fraction of sp³-hybridized carbons (Fsp3) is 0.833. The highest BCUT2D eigenvalue weighted by molar-refractivity contribution is 8.19. The second kappa shape index (κ2) is 5.21. The van der Waals surface area contributed by atoms with Gasteiger partial charge in [-0.05, 0) is 12.3 Å². The number of thiocarbonyl (C=S) groups is 1. The van der Waals surface area contributed by atoms with Crippen molar-refractivity contribution in [2.24, 2.45) is 5.92 Å². The van der Waals surface area contributed by atoms with E-state index < -0.39 is 0 Å². The molecule has 3 heteroatoms. The molecule has 1 N–H and O–H groups in total. The van der Waals surface area contributed by atoms with Crippen LogP contribution in [0.25, 0.3) is 0 Å². The van der Waals surface area contributed by atoms with Gasteiger partial charge in [-0.15, -0.1) is 0 Å². The summed E-state index contributed by atoms with van der Waals surface area (Å²) >= 11 is 5.56. The van der Waals surface area contributed by atoms with E-state index in [2.05, 4.69) is 6.92 Å². The van der Waals surface area contributed by atoms with Crippen LogP contribution >= 0.6 is 24.3 Å². The van der Waals surface area contributed by atoms with Gasteiger partial charge in [0.2, 0.25) is 0 Å². The maximum Gasteiger partial charge on any atom is 0.0782 e. The topological polar surface area (TPSA) is 20.2 Å². The van der Waals surface area contributed by atoms with Gasteiger partial charge in [0.15, 0.2) is 0 Å². The van der Waals surface area contributed by atoms with E-state index in [0.29, 0.717) is 22.2 Å². The molecule has 9 heavy (non-hydrogen) atoms. The molecule has 0 bridgehead atoms. The summed E-state index contributed by atoms with van der Waals surface area (Å²) in [4.78, 5) is 0. The molecule has 54 valence electrons. The molecular formula is C6H12OS2. The van der Waals surface area contributed by atoms with Gasteiger partial charge in [0, 0.05) is 12.0 Å². The Balaban J connectivity index is 3.45. The van der Waals surface area contributed by atoms with Gasteiger partial charge in [0.25, 0.3) is 0 Å². The SMILES string of the molecule is CCCC(C)C(=S)SO. The van der Waals surface area contributed by atoms with Crippen LogP contribution < -0.4 is 0 Å². The molecular weight excluding hydrogens is 152 g/mol. The molecule has 0 amide bonds. The predicted octanol–water partition coefficient (Wildman–Crippen LogP) is 2.96. The Morgan fingerprint density at radius 3 is 2.67 bits per heavy atom. The minimum absolute atomic E-state index is 0.375. The lowest BCUT2D eigenvalue weighted by molar-refractivity contribution is 0.657. The third kappa shape index (κ3) is 3.89. The van der Waals surface area contributed by atoms with Crippen molar-refractivity contribution in [3.8, 4) is 0 Å². The number of hydrogen-bond donors (Lipinski definition) is 1. The van der Waals surface area contributed by atoms with Gasteiger partial charge in [0.05, 0.1) is 4.20 Å². The summed E-state index contributed by atoms with van der Waals surface area (Å²) in [6, 6.07) is 0. The fourth-order valence-corrected chi connectivity index (χ4v) is 1.06. The first-order chi connectivity index (χ1) is 4.22. The number of rotatable bonds is 3. The Labute approximate surface area is 66.0 Å². The lowest BCUT2D eigenvalue weighted by Gasteiger charge is -2.06. The number of hydrogen-bond acceptors (Lipinski definition) is 3. The minimum atomic E-state index is 0.375. The van der Waals surface area contributed by atoms with Crippen LogP contribution in [0.5, 0.6) is 0 Å². The van der Waals surface area contributed by atoms with Crippen LogP contribution in [0.4, 0.5) is 0 Å². The first-order valence-electron chi connectivity index (χ1n) is 3.07. The highest BCUT2D eigenvalue weighted by atomic mass is 32.2. The Kier molecular flexibility index (Phi) is 5.44. The third-order valence-electron chi connectivity index (χ3n) is 1.21. The summed E-state index contributed by atoms with van der Waals surface area (Å²) in [7, 11) is 0. The van der Waals surface area contributed by atoms with Crippen LogP contribution in [0.3, 0.4) is 0 Å². The Morgan fingerprint density at radius 1 is 1.78 bits per heavy atom. The molecule has 0 saturated carbocycles. The summed E-state index contributed by atoms with van der Waals surface area (Å²) < 4.78 is 9.21. The maximum atomic E-state index is 8.51. The lowest BCUT2D eigenvalue weighted by Crippen LogP contribution is -2.02. The molecule has 0 radical (unpaired) electrons. The van der Waals surface area contributed by atoms with Crippen molar-refractivity contribution < 1.29 is 4.55 Å². The highest BCUT2D eigenvalue weighted by Crippen LogP contribution is 2.14. The molecule has 1 unspecified atom stereocenters. The van der Waals surface area contributed by atoms with Crippen molar-refractivity contribution >= 4 is 28.5 Å². The minimum Gasteiger partial charge on any atom is -0.325 e. The van der Waals surface area contributed by atoms with Gasteiger partial charge < -0.3 is 4.55 Å². The Morgan fingerprint density at radius 2 is 2.33 bits per heavy atom. The Hall–Kier alpha value is 0.400. The van der Waals surface area contributed by atoms with Crippen LogP contribution in [-0.2, 0) is 0 Å². The molecule has 0 fully saturated rings. The van der Waals surface area contributed by atoms with Crippen molar-refractivity contribution in [1.82, 2.24) is 0 Å². The third-order valence-corrected chi connectivity index (χ3v) is 2.42. The van der Waals surface area contributed by atoms with Crippen LogP contribution in [0.1, 0.15) is 26.7 Å². The molecule has 0 heterocycles. The monoisotopic (exact) mass is 164 g/mol. The van der Waals surface area contributed by atoms with Crippen LogP contribution in [0, 0.1) is 5.92 Å². The van der Waals surface area contributed by atoms with Crippen molar-refractivity contribution in [3.63, 3.8) is 0 Å². The first-order valence-corrected chi connectivity index (χ1v) is 4.25. The highest BCUT2D eigenvalue weighted by Gasteiger charge is 2.05. The largest absolute Gasteiger partial charge is 0.325 e. The molecule has 0 aromatic rings. The van der Waals surface area contributed by atoms with E-state index in [-0.39, 0.29) is 0 Å². The van der Waals surface area contributed by atoms with E-state index in [4.69, 9.17) is 16.8 Å². The van der Waals surface area contributed by atoms with Gasteiger partial charge in [0.1, 0.15) is 0 Å². The summed E-state index contributed by atoms with van der Waals surface area (Å²) in [6.45, 7) is 4.15. The van der Waals surface area contributed by atoms with Crippen LogP contribution in [0.2, 0.25) is 0 Å². The Bertz CT molecular complexity index is 93.1. The lowest BCUT2D eigenvalue weighted by atomic mass is 10.1. The summed E-state index contributed by atoms with van der Waals surface area (Å²) in [5.41, 5.74) is 0. The van der Waals surface area contributed by atoms with E-state index in [1.54, 1.807) is 0 Å². The van der Waals surface area contributed by atoms with Crippen LogP contribution in [0.15, 0.2) is 0 Å². The predicted molar refractivity (Wildman–Crippen MR) is 46.9 cm³/mol. The molecule has 0 aliphatic heterocycles. The maximum absolute atomic E-state index is 8.51. The van der Waals surface area contributed by atoms with E-state index >= 15 is 0 Å². The average Bonchev–Trinajstić information content (AvgIpc) is 1.87. The molecule has 1 nitrogen and oxygen atoms in total. The van der Waals surface area contributed by atoms with Crippen LogP contribution in [-0.4, -0.2) is 8.75 Å². The van der Waals surface area contributed by atoms with Crippen molar-refractivity contribution in [3.05, 3.63) is 0 Å². The second-order valence-corrected chi connectivity index (χ2v) is 3.42. The molecule has 0 aromatic heterocycles. The standard InChI is InChI=1S/C6H12OS2/c1-3-4-5(2)6(8)9-7/h5,7H,3-4H2,1-2H3. The summed E-state index contributed by atoms with van der Waals surface area (Å²) in [5.74, 6) is 0.375. The molecule has 0 aliphatic carbocycles. The zero-order valence-electron chi connectivity index (χ0n) is 5.76. The molecule has 0 aromatic carbocycles. The van der Waals surface area contributed by atoms with Gasteiger partial charge in [-0.25, -0.2) is 0 Å². The van der Waals surface area contributed by atoms with Gasteiger partial charge in [-0.2, -0.15) is 0 Å². The molecule has 0 spiro atoms. The molecule has 0 aliphatic rings. The van der Waals surface area contributed by atoms with Gasteiger partial charge in [-0.1, -0.05) is 32.5 Å². The fourth-order valence-electron chi connectivity index (χ4n) is 0.641. The van der Waals surface area contributed by atoms with E-state index in [9.17, 15) is 0 Å². The zero-order chi connectivity index (χ0) is 7.28. The van der Waals surface area contributed by atoms with Gasteiger partial charge >= 0.3 is 0 Å². The molecule has 1 atom stereocenters. The van der Waals surface area contributed by atoms with E-state index in [1.165, 1.54) is 0 Å². The summed E-state index contributed by atoms with van der Waals surface area (Å²) in [6.07, 6.45) is 2.20. The van der Waals surface area contributed by atoms with Crippen molar-refractivity contribution in [2.45, 2.75) is 26.7 Å². The van der Waals surface area contributed by atoms with Crippen molar-refractivity contribution in [2.75, 3.05) is 0 Å². The summed E-state index contributed by atoms with van der Waals surface area (Å²) in [5, 5.41) is 0. The van der Waals surface area contributed by atoms with E-state index in [1.807, 2.05) is 6.92 Å². The molecule has 0 rings (SSSR count). The quantitative estimate of drug-likeness (QED) is 0.511.